The van der Waals surface area contributed by atoms with Gasteiger partial charge in [0, 0.05) is 6.54 Å². The number of anilines is 1. The van der Waals surface area contributed by atoms with Crippen molar-refractivity contribution in [3.63, 3.8) is 0 Å². The smallest absolute Gasteiger partial charge is 0.283 e. The molecule has 0 bridgehead atoms. The zero-order chi connectivity index (χ0) is 13.7. The Kier molecular flexibility index (Phi) is 5.42. The predicted octanol–water partition coefficient (Wildman–Crippen LogP) is 1.23. The molecular weight excluding hydrogens is 312 g/mol. The number of aromatic nitrogens is 2. The maximum atomic E-state index is 12.1. The van der Waals surface area contributed by atoms with E-state index in [-0.39, 0.29) is 23.2 Å². The minimum atomic E-state index is -2.84. The van der Waals surface area contributed by atoms with Gasteiger partial charge in [-0.3, -0.25) is 4.79 Å². The van der Waals surface area contributed by atoms with Gasteiger partial charge in [-0.2, -0.15) is 5.10 Å². The molecule has 100 valence electrons. The van der Waals surface area contributed by atoms with Crippen LogP contribution in [0, 0.1) is 0 Å². The lowest BCUT2D eigenvalue weighted by atomic mass is 10.3. The third kappa shape index (κ3) is 3.61. The van der Waals surface area contributed by atoms with Crippen LogP contribution < -0.4 is 10.9 Å². The summed E-state index contributed by atoms with van der Waals surface area (Å²) in [5, 5.41) is 15.3. The summed E-state index contributed by atoms with van der Waals surface area (Å²) < 4.78 is 25.5. The van der Waals surface area contributed by atoms with Gasteiger partial charge in [-0.1, -0.05) is 6.08 Å². The van der Waals surface area contributed by atoms with Gasteiger partial charge < -0.3 is 10.4 Å². The van der Waals surface area contributed by atoms with Crippen LogP contribution in [-0.2, 0) is 6.54 Å². The van der Waals surface area contributed by atoms with Crippen molar-refractivity contribution in [1.82, 2.24) is 9.78 Å². The minimum absolute atomic E-state index is 0.167. The van der Waals surface area contributed by atoms with Crippen LogP contribution >= 0.6 is 15.9 Å². The molecule has 0 saturated heterocycles. The Morgan fingerprint density at radius 3 is 2.89 bits per heavy atom. The van der Waals surface area contributed by atoms with Gasteiger partial charge in [-0.05, 0) is 15.9 Å². The molecule has 1 unspecified atom stereocenters. The molecule has 2 N–H and O–H groups in total. The van der Waals surface area contributed by atoms with E-state index in [1.807, 2.05) is 0 Å². The van der Waals surface area contributed by atoms with Crippen LogP contribution in [0.1, 0.15) is 0 Å². The summed E-state index contributed by atoms with van der Waals surface area (Å²) in [5.74, 6) is 0. The van der Waals surface area contributed by atoms with Crippen molar-refractivity contribution in [2.75, 3.05) is 11.9 Å². The average Bonchev–Trinajstić information content (AvgIpc) is 2.33. The van der Waals surface area contributed by atoms with Crippen molar-refractivity contribution in [3.8, 4) is 0 Å². The van der Waals surface area contributed by atoms with Gasteiger partial charge in [0.15, 0.2) is 0 Å². The zero-order valence-electron chi connectivity index (χ0n) is 9.31. The highest BCUT2D eigenvalue weighted by Gasteiger charge is 2.17. The van der Waals surface area contributed by atoms with Crippen molar-refractivity contribution in [2.45, 2.75) is 19.1 Å². The number of halogens is 3. The third-order valence-electron chi connectivity index (χ3n) is 2.08. The number of alkyl halides is 2. The summed E-state index contributed by atoms with van der Waals surface area (Å²) in [6.45, 7) is 3.36. The number of aliphatic hydroxyl groups excluding tert-OH is 1. The van der Waals surface area contributed by atoms with E-state index in [0.717, 1.165) is 4.68 Å². The van der Waals surface area contributed by atoms with Crippen LogP contribution in [0.3, 0.4) is 0 Å². The highest BCUT2D eigenvalue weighted by molar-refractivity contribution is 9.10. The average molecular weight is 324 g/mol. The molecule has 18 heavy (non-hydrogen) atoms. The second-order valence-electron chi connectivity index (χ2n) is 3.43. The first kappa shape index (κ1) is 14.8. The van der Waals surface area contributed by atoms with E-state index in [4.69, 9.17) is 5.11 Å². The largest absolute Gasteiger partial charge is 0.385 e. The molecule has 0 aliphatic carbocycles. The summed E-state index contributed by atoms with van der Waals surface area (Å²) in [4.78, 5) is 11.7. The van der Waals surface area contributed by atoms with Crippen molar-refractivity contribution in [2.24, 2.45) is 0 Å². The Bertz CT molecular complexity index is 479. The number of aliphatic hydroxyl groups is 1. The van der Waals surface area contributed by atoms with Crippen LogP contribution in [0.2, 0.25) is 0 Å². The molecule has 0 radical (unpaired) electrons. The lowest BCUT2D eigenvalue weighted by Crippen LogP contribution is -2.29. The molecule has 8 heteroatoms. The maximum absolute atomic E-state index is 12.1. The summed E-state index contributed by atoms with van der Waals surface area (Å²) in [6, 6.07) is 0. The Morgan fingerprint density at radius 2 is 2.33 bits per heavy atom. The van der Waals surface area contributed by atoms with Gasteiger partial charge >= 0.3 is 0 Å². The normalized spacial score (nSPS) is 12.5. The third-order valence-corrected chi connectivity index (χ3v) is 2.85. The van der Waals surface area contributed by atoms with Gasteiger partial charge in [0.1, 0.15) is 10.6 Å². The van der Waals surface area contributed by atoms with E-state index in [9.17, 15) is 13.6 Å². The first-order valence-electron chi connectivity index (χ1n) is 5.04. The van der Waals surface area contributed by atoms with Gasteiger partial charge in [0.25, 0.3) is 12.0 Å². The van der Waals surface area contributed by atoms with Gasteiger partial charge in [0.2, 0.25) is 0 Å². The Labute approximate surface area is 110 Å². The van der Waals surface area contributed by atoms with Crippen LogP contribution in [-0.4, -0.2) is 34.0 Å². The fourth-order valence-electron chi connectivity index (χ4n) is 1.14. The molecule has 0 spiro atoms. The second kappa shape index (κ2) is 6.60. The number of nitrogens with zero attached hydrogens (tertiary/aromatic N) is 2. The zero-order valence-corrected chi connectivity index (χ0v) is 10.9. The molecule has 1 heterocycles. The molecule has 1 atom stereocenters. The molecule has 0 aromatic carbocycles. The number of nitrogens with one attached hydrogen (secondary N) is 1. The summed E-state index contributed by atoms with van der Waals surface area (Å²) in [5.41, 5.74) is -0.161. The summed E-state index contributed by atoms with van der Waals surface area (Å²) >= 11 is 3.05. The number of hydrogen-bond acceptors (Lipinski definition) is 4. The fraction of sp³-hybridized carbons (Fsp3) is 0.400. The number of hydrogen-bond donors (Lipinski definition) is 2. The Morgan fingerprint density at radius 1 is 1.67 bits per heavy atom. The fourth-order valence-corrected chi connectivity index (χ4v) is 1.59. The quantitative estimate of drug-likeness (QED) is 0.773. The minimum Gasteiger partial charge on any atom is -0.385 e. The monoisotopic (exact) mass is 323 g/mol. The molecule has 0 aliphatic heterocycles. The lowest BCUT2D eigenvalue weighted by molar-refractivity contribution is 0.00383. The van der Waals surface area contributed by atoms with E-state index in [0.29, 0.717) is 0 Å². The van der Waals surface area contributed by atoms with Crippen molar-refractivity contribution in [1.29, 1.82) is 0 Å². The highest BCUT2D eigenvalue weighted by atomic mass is 79.9. The molecule has 0 aliphatic rings. The molecule has 1 rings (SSSR count). The molecule has 0 amide bonds. The predicted molar refractivity (Wildman–Crippen MR) is 66.9 cm³/mol. The van der Waals surface area contributed by atoms with Crippen LogP contribution in [0.15, 0.2) is 28.1 Å². The van der Waals surface area contributed by atoms with Gasteiger partial charge in [-0.25, -0.2) is 13.5 Å². The van der Waals surface area contributed by atoms with Gasteiger partial charge in [-0.15, -0.1) is 6.58 Å². The van der Waals surface area contributed by atoms with E-state index in [1.165, 1.54) is 12.3 Å². The van der Waals surface area contributed by atoms with Crippen LogP contribution in [0.25, 0.3) is 0 Å². The van der Waals surface area contributed by atoms with Crippen LogP contribution in [0.5, 0.6) is 0 Å². The lowest BCUT2D eigenvalue weighted by Gasteiger charge is -2.13. The topological polar surface area (TPSA) is 67.2 Å². The molecular formula is C10H12BrF2N3O2. The molecule has 1 aromatic heterocycles. The van der Waals surface area contributed by atoms with E-state index >= 15 is 0 Å². The van der Waals surface area contributed by atoms with Crippen LogP contribution in [0.4, 0.5) is 14.5 Å². The van der Waals surface area contributed by atoms with Crippen molar-refractivity contribution < 1.29 is 13.9 Å². The van der Waals surface area contributed by atoms with Crippen molar-refractivity contribution in [3.05, 3.63) is 33.7 Å². The Balaban J connectivity index is 2.82. The first-order valence-corrected chi connectivity index (χ1v) is 5.83. The molecule has 0 fully saturated rings. The van der Waals surface area contributed by atoms with Gasteiger partial charge in [0.05, 0.1) is 18.4 Å². The number of rotatable bonds is 6. The maximum Gasteiger partial charge on any atom is 0.283 e. The van der Waals surface area contributed by atoms with Crippen molar-refractivity contribution >= 4 is 21.6 Å². The second-order valence-corrected chi connectivity index (χ2v) is 4.22. The summed E-state index contributed by atoms with van der Waals surface area (Å²) in [7, 11) is 0. The standard InChI is InChI=1S/C10H12BrF2N3O2/c1-2-3-16-10(18)8(11)6(4-15-16)14-5-7(17)9(12)13/h2,4,7,9,14,17H,1,3,5H2. The van der Waals surface area contributed by atoms with E-state index in [2.05, 4.69) is 32.9 Å². The van der Waals surface area contributed by atoms with E-state index in [1.54, 1.807) is 0 Å². The van der Waals surface area contributed by atoms with E-state index < -0.39 is 18.1 Å². The SMILES string of the molecule is C=CCn1ncc(NCC(O)C(F)F)c(Br)c1=O. The number of allylic oxidation sites excluding steroid dienone is 1. The molecule has 1 aromatic rings. The highest BCUT2D eigenvalue weighted by Crippen LogP contribution is 2.16. The molecule has 0 saturated carbocycles. The molecule has 5 nitrogen and oxygen atoms in total. The summed E-state index contributed by atoms with van der Waals surface area (Å²) in [6.07, 6.45) is -1.82. The first-order chi connectivity index (χ1) is 8.47. The Hall–Kier alpha value is -1.28.